The minimum Gasteiger partial charge on any atom is -0.441 e. The summed E-state index contributed by atoms with van der Waals surface area (Å²) in [6.45, 7) is 2.58. The van der Waals surface area contributed by atoms with Gasteiger partial charge in [0.05, 0.1) is 18.1 Å². The van der Waals surface area contributed by atoms with E-state index in [9.17, 15) is 9.00 Å². The quantitative estimate of drug-likeness (QED) is 0.721. The molecule has 0 unspecified atom stereocenters. The van der Waals surface area contributed by atoms with E-state index in [1.807, 2.05) is 0 Å². The lowest BCUT2D eigenvalue weighted by Crippen LogP contribution is -2.31. The van der Waals surface area contributed by atoms with Gasteiger partial charge in [0.2, 0.25) is 11.8 Å². The maximum Gasteiger partial charge on any atom is 0.232 e. The summed E-state index contributed by atoms with van der Waals surface area (Å²) in [5, 5.41) is 3.27. The zero-order valence-electron chi connectivity index (χ0n) is 13.5. The average molecular weight is 371 g/mol. The molecule has 2 rings (SSSR count). The molecular formula is C16H19ClN2O4S. The van der Waals surface area contributed by atoms with E-state index in [0.29, 0.717) is 35.5 Å². The van der Waals surface area contributed by atoms with E-state index in [0.717, 1.165) is 5.56 Å². The normalized spacial score (nSPS) is 12.1. The van der Waals surface area contributed by atoms with E-state index >= 15 is 0 Å². The molecular weight excluding hydrogens is 352 g/mol. The van der Waals surface area contributed by atoms with Crippen LogP contribution in [-0.2, 0) is 26.1 Å². The first-order valence-electron chi connectivity index (χ1n) is 7.32. The van der Waals surface area contributed by atoms with Gasteiger partial charge in [0, 0.05) is 35.0 Å². The van der Waals surface area contributed by atoms with Crippen LogP contribution in [0, 0.1) is 6.92 Å². The third-order valence-electron chi connectivity index (χ3n) is 3.20. The molecule has 0 saturated heterocycles. The number of aromatic nitrogens is 1. The summed E-state index contributed by atoms with van der Waals surface area (Å²) in [7, 11) is 0.192. The van der Waals surface area contributed by atoms with E-state index in [1.54, 1.807) is 38.3 Å². The van der Waals surface area contributed by atoms with Crippen molar-refractivity contribution in [2.24, 2.45) is 0 Å². The molecule has 1 aromatic heterocycles. The van der Waals surface area contributed by atoms with E-state index in [4.69, 9.17) is 20.8 Å². The van der Waals surface area contributed by atoms with Crippen LogP contribution in [0.5, 0.6) is 0 Å². The van der Waals surface area contributed by atoms with Gasteiger partial charge in [-0.1, -0.05) is 11.6 Å². The van der Waals surface area contributed by atoms with Crippen molar-refractivity contribution in [1.82, 2.24) is 10.3 Å². The molecule has 1 amide bonds. The van der Waals surface area contributed by atoms with Gasteiger partial charge >= 0.3 is 0 Å². The van der Waals surface area contributed by atoms with Crippen molar-refractivity contribution < 1.29 is 18.2 Å². The molecule has 0 aliphatic rings. The van der Waals surface area contributed by atoms with Crippen LogP contribution in [0.3, 0.4) is 0 Å². The maximum atomic E-state index is 12.1. The van der Waals surface area contributed by atoms with Gasteiger partial charge in [-0.15, -0.1) is 0 Å². The third kappa shape index (κ3) is 5.43. The smallest absolute Gasteiger partial charge is 0.232 e. The molecule has 0 radical (unpaired) electrons. The molecule has 24 heavy (non-hydrogen) atoms. The summed E-state index contributed by atoms with van der Waals surface area (Å²) in [5.74, 6) is 0.852. The number of rotatable bonds is 8. The molecule has 0 aliphatic heterocycles. The van der Waals surface area contributed by atoms with Crippen LogP contribution in [0.15, 0.2) is 28.7 Å². The highest BCUT2D eigenvalue weighted by molar-refractivity contribution is 7.84. The molecule has 0 aliphatic carbocycles. The molecule has 1 N–H and O–H groups in total. The van der Waals surface area contributed by atoms with Crippen LogP contribution in [-0.4, -0.2) is 41.1 Å². The zero-order chi connectivity index (χ0) is 17.5. The number of hydrogen-bond acceptors (Lipinski definition) is 5. The Morgan fingerprint density at radius 2 is 2.08 bits per heavy atom. The van der Waals surface area contributed by atoms with Crippen molar-refractivity contribution in [1.29, 1.82) is 0 Å². The monoisotopic (exact) mass is 370 g/mol. The van der Waals surface area contributed by atoms with E-state index in [2.05, 4.69) is 10.3 Å². The lowest BCUT2D eigenvalue weighted by atomic mass is 10.2. The second-order valence-corrected chi connectivity index (χ2v) is 6.99. The first kappa shape index (κ1) is 18.6. The number of amides is 1. The van der Waals surface area contributed by atoms with Crippen LogP contribution < -0.4 is 5.32 Å². The van der Waals surface area contributed by atoms with Crippen LogP contribution in [0.1, 0.15) is 11.5 Å². The molecule has 0 spiro atoms. The van der Waals surface area contributed by atoms with Gasteiger partial charge in [0.25, 0.3) is 0 Å². The largest absolute Gasteiger partial charge is 0.441 e. The molecule has 130 valence electrons. The lowest BCUT2D eigenvalue weighted by Gasteiger charge is -2.03. The molecule has 8 heteroatoms. The van der Waals surface area contributed by atoms with Gasteiger partial charge in [0.1, 0.15) is 11.5 Å². The number of benzene rings is 1. The van der Waals surface area contributed by atoms with Gasteiger partial charge in [-0.2, -0.15) is 0 Å². The Bertz CT molecular complexity index is 715. The summed E-state index contributed by atoms with van der Waals surface area (Å²) in [6, 6.07) is 7.10. The first-order valence-corrected chi connectivity index (χ1v) is 9.19. The number of nitrogens with zero attached hydrogens (tertiary/aromatic N) is 1. The lowest BCUT2D eigenvalue weighted by molar-refractivity contribution is -0.118. The van der Waals surface area contributed by atoms with E-state index < -0.39 is 10.8 Å². The van der Waals surface area contributed by atoms with Gasteiger partial charge < -0.3 is 14.5 Å². The highest BCUT2D eigenvalue weighted by atomic mass is 35.5. The summed E-state index contributed by atoms with van der Waals surface area (Å²) >= 11 is 5.86. The minimum absolute atomic E-state index is 0.0771. The summed E-state index contributed by atoms with van der Waals surface area (Å²) in [5.41, 5.74) is 1.37. The maximum absolute atomic E-state index is 12.1. The molecule has 1 heterocycles. The SMILES string of the molecule is COCCNC(=O)C[S@@](=O)Cc1nc(-c2ccc(Cl)cc2)oc1C. The Labute approximate surface area is 148 Å². The summed E-state index contributed by atoms with van der Waals surface area (Å²) in [4.78, 5) is 16.0. The fourth-order valence-corrected chi connectivity index (χ4v) is 3.17. The standard InChI is InChI=1S/C16H19ClN2O4S/c1-11-14(9-24(21)10-15(20)18-7-8-22-2)19-16(23-11)12-3-5-13(17)6-4-12/h3-6H,7-10H2,1-2H3,(H,18,20)/t24-/m0/s1. The number of carbonyl (C=O) groups is 1. The average Bonchev–Trinajstić information content (AvgIpc) is 2.89. The Morgan fingerprint density at radius 3 is 2.75 bits per heavy atom. The highest BCUT2D eigenvalue weighted by Crippen LogP contribution is 2.23. The molecule has 0 fully saturated rings. The van der Waals surface area contributed by atoms with Crippen LogP contribution in [0.4, 0.5) is 0 Å². The van der Waals surface area contributed by atoms with Crippen LogP contribution >= 0.6 is 11.6 Å². The Kier molecular flexibility index (Phi) is 6.96. The van der Waals surface area contributed by atoms with E-state index in [-0.39, 0.29) is 17.4 Å². The molecule has 6 nitrogen and oxygen atoms in total. The number of methoxy groups -OCH3 is 1. The van der Waals surface area contributed by atoms with Crippen LogP contribution in [0.2, 0.25) is 5.02 Å². The van der Waals surface area contributed by atoms with Crippen molar-refractivity contribution in [3.8, 4) is 11.5 Å². The number of carbonyl (C=O) groups excluding carboxylic acids is 1. The molecule has 0 saturated carbocycles. The second kappa shape index (κ2) is 8.96. The van der Waals surface area contributed by atoms with Crippen LogP contribution in [0.25, 0.3) is 11.5 Å². The molecule has 0 bridgehead atoms. The number of aryl methyl sites for hydroxylation is 1. The number of ether oxygens (including phenoxy) is 1. The number of hydrogen-bond donors (Lipinski definition) is 1. The predicted molar refractivity (Wildman–Crippen MR) is 93.3 cm³/mol. The summed E-state index contributed by atoms with van der Waals surface area (Å²) < 4.78 is 22.6. The van der Waals surface area contributed by atoms with Gasteiger partial charge in [-0.3, -0.25) is 9.00 Å². The first-order chi connectivity index (χ1) is 11.5. The predicted octanol–water partition coefficient (Wildman–Crippen LogP) is 2.31. The zero-order valence-corrected chi connectivity index (χ0v) is 15.1. The second-order valence-electron chi connectivity index (χ2n) is 5.10. The third-order valence-corrected chi connectivity index (χ3v) is 4.63. The Hall–Kier alpha value is -1.70. The molecule has 2 aromatic rings. The fourth-order valence-electron chi connectivity index (χ4n) is 1.97. The van der Waals surface area contributed by atoms with Gasteiger partial charge in [-0.05, 0) is 31.2 Å². The van der Waals surface area contributed by atoms with Crippen molar-refractivity contribution in [2.45, 2.75) is 12.7 Å². The highest BCUT2D eigenvalue weighted by Gasteiger charge is 2.16. The van der Waals surface area contributed by atoms with Crippen molar-refractivity contribution in [3.63, 3.8) is 0 Å². The fraction of sp³-hybridized carbons (Fsp3) is 0.375. The van der Waals surface area contributed by atoms with Crippen molar-refractivity contribution in [3.05, 3.63) is 40.7 Å². The van der Waals surface area contributed by atoms with Gasteiger partial charge in [-0.25, -0.2) is 4.98 Å². The van der Waals surface area contributed by atoms with Gasteiger partial charge in [0.15, 0.2) is 0 Å². The van der Waals surface area contributed by atoms with Crippen molar-refractivity contribution >= 4 is 28.3 Å². The topological polar surface area (TPSA) is 81.4 Å². The van der Waals surface area contributed by atoms with Crippen molar-refractivity contribution in [2.75, 3.05) is 26.0 Å². The summed E-state index contributed by atoms with van der Waals surface area (Å²) in [6.07, 6.45) is 0. The van der Waals surface area contributed by atoms with E-state index in [1.165, 1.54) is 0 Å². The Balaban J connectivity index is 1.96. The number of oxazole rings is 1. The molecule has 1 atom stereocenters. The minimum atomic E-state index is -1.36. The number of halogens is 1. The molecule has 1 aromatic carbocycles. The number of nitrogens with one attached hydrogen (secondary N) is 1. The Morgan fingerprint density at radius 1 is 1.38 bits per heavy atom.